The monoisotopic (exact) mass is 354 g/mol. The lowest BCUT2D eigenvalue weighted by Crippen LogP contribution is -2.35. The van der Waals surface area contributed by atoms with Gasteiger partial charge in [0.25, 0.3) is 0 Å². The number of fused-ring (bicyclic) bond motifs is 2. The quantitative estimate of drug-likeness (QED) is 0.450. The van der Waals surface area contributed by atoms with Crippen LogP contribution in [0.4, 0.5) is 0 Å². The van der Waals surface area contributed by atoms with Crippen molar-refractivity contribution in [1.29, 1.82) is 0 Å². The molecular formula is C21H24NO2S+. The van der Waals surface area contributed by atoms with Gasteiger partial charge in [0.1, 0.15) is 0 Å². The molecule has 3 unspecified atom stereocenters. The van der Waals surface area contributed by atoms with Gasteiger partial charge in [-0.25, -0.2) is 0 Å². The van der Waals surface area contributed by atoms with Crippen molar-refractivity contribution < 1.29 is 14.1 Å². The first-order chi connectivity index (χ1) is 12.2. The van der Waals surface area contributed by atoms with Crippen LogP contribution >= 0.6 is 11.3 Å². The molecule has 4 heteroatoms. The van der Waals surface area contributed by atoms with Crippen molar-refractivity contribution >= 4 is 17.3 Å². The Morgan fingerprint density at radius 1 is 1.24 bits per heavy atom. The van der Waals surface area contributed by atoms with Crippen LogP contribution in [-0.2, 0) is 22.5 Å². The molecule has 1 fully saturated rings. The van der Waals surface area contributed by atoms with E-state index in [9.17, 15) is 4.79 Å². The Balaban J connectivity index is 1.30. The van der Waals surface area contributed by atoms with Gasteiger partial charge in [0.15, 0.2) is 12.2 Å². The second-order valence-corrected chi connectivity index (χ2v) is 8.09. The number of thiazole rings is 1. The van der Waals surface area contributed by atoms with Gasteiger partial charge in [0.2, 0.25) is 5.51 Å². The third-order valence-electron chi connectivity index (χ3n) is 5.51. The molecule has 0 aliphatic heterocycles. The summed E-state index contributed by atoms with van der Waals surface area (Å²) in [6.45, 7) is 3.53. The summed E-state index contributed by atoms with van der Waals surface area (Å²) in [5, 5.41) is 0. The van der Waals surface area contributed by atoms with Crippen molar-refractivity contribution in [1.82, 2.24) is 0 Å². The van der Waals surface area contributed by atoms with Gasteiger partial charge in [-0.05, 0) is 24.7 Å². The number of nitrogens with zero attached hydrogens (tertiary/aromatic N) is 1. The fraction of sp³-hybridized carbons (Fsp3) is 0.429. The number of carbonyl (C=O) groups is 1. The van der Waals surface area contributed by atoms with Gasteiger partial charge >= 0.3 is 5.97 Å². The molecule has 0 N–H and O–H groups in total. The first-order valence-electron chi connectivity index (χ1n) is 9.06. The number of rotatable bonds is 6. The van der Waals surface area contributed by atoms with Gasteiger partial charge in [-0.3, -0.25) is 4.79 Å². The molecule has 1 heterocycles. The predicted molar refractivity (Wildman–Crippen MR) is 98.3 cm³/mol. The molecule has 1 saturated carbocycles. The maximum atomic E-state index is 12.3. The third-order valence-corrected chi connectivity index (χ3v) is 6.65. The van der Waals surface area contributed by atoms with E-state index < -0.39 is 0 Å². The Bertz CT molecular complexity index is 780. The van der Waals surface area contributed by atoms with Crippen LogP contribution < -0.4 is 4.57 Å². The number of benzene rings is 1. The van der Waals surface area contributed by atoms with Crippen LogP contribution in [0.1, 0.15) is 29.0 Å². The van der Waals surface area contributed by atoms with E-state index in [2.05, 4.69) is 53.4 Å². The van der Waals surface area contributed by atoms with Gasteiger partial charge < -0.3 is 4.74 Å². The third kappa shape index (κ3) is 3.54. The molecule has 0 spiro atoms. The molecule has 2 aromatic rings. The van der Waals surface area contributed by atoms with Gasteiger partial charge in [0.05, 0.1) is 17.4 Å². The lowest BCUT2D eigenvalue weighted by atomic mass is 9.94. The van der Waals surface area contributed by atoms with E-state index in [4.69, 9.17) is 4.74 Å². The fourth-order valence-corrected chi connectivity index (χ4v) is 5.01. The Hall–Kier alpha value is -1.94. The first-order valence-corrected chi connectivity index (χ1v) is 9.94. The van der Waals surface area contributed by atoms with E-state index in [-0.39, 0.29) is 11.9 Å². The van der Waals surface area contributed by atoms with Gasteiger partial charge in [-0.1, -0.05) is 53.8 Å². The second-order valence-electron chi connectivity index (χ2n) is 7.15. The second kappa shape index (κ2) is 7.12. The number of allylic oxidation sites excluding steroid dienone is 2. The summed E-state index contributed by atoms with van der Waals surface area (Å²) in [5.41, 5.74) is 4.74. The van der Waals surface area contributed by atoms with E-state index in [1.807, 2.05) is 6.07 Å². The summed E-state index contributed by atoms with van der Waals surface area (Å²) < 4.78 is 7.87. The molecule has 25 heavy (non-hydrogen) atoms. The van der Waals surface area contributed by atoms with E-state index in [0.717, 1.165) is 25.8 Å². The molecule has 0 saturated heterocycles. The average molecular weight is 354 g/mol. The van der Waals surface area contributed by atoms with Crippen molar-refractivity contribution in [3.63, 3.8) is 0 Å². The first kappa shape index (κ1) is 16.5. The largest absolute Gasteiger partial charge is 0.465 e. The molecule has 2 aliphatic rings. The summed E-state index contributed by atoms with van der Waals surface area (Å²) in [6, 6.07) is 10.5. The smallest absolute Gasteiger partial charge is 0.309 e. The molecule has 0 radical (unpaired) electrons. The topological polar surface area (TPSA) is 30.2 Å². The van der Waals surface area contributed by atoms with Crippen LogP contribution in [0.15, 0.2) is 48.0 Å². The number of aromatic nitrogens is 1. The lowest BCUT2D eigenvalue weighted by molar-refractivity contribution is -0.689. The normalized spacial score (nSPS) is 24.0. The highest BCUT2D eigenvalue weighted by molar-refractivity contribution is 7.09. The molecule has 1 aromatic carbocycles. The highest BCUT2D eigenvalue weighted by Gasteiger charge is 2.40. The van der Waals surface area contributed by atoms with Crippen LogP contribution in [0.3, 0.4) is 0 Å². The zero-order valence-corrected chi connectivity index (χ0v) is 15.4. The van der Waals surface area contributed by atoms with Crippen LogP contribution in [0.5, 0.6) is 0 Å². The maximum absolute atomic E-state index is 12.3. The number of carbonyl (C=O) groups excluding carboxylic acids is 1. The molecular weight excluding hydrogens is 330 g/mol. The van der Waals surface area contributed by atoms with Crippen molar-refractivity contribution in [3.8, 4) is 0 Å². The predicted octanol–water partition coefficient (Wildman–Crippen LogP) is 3.69. The Labute approximate surface area is 153 Å². The van der Waals surface area contributed by atoms with Crippen molar-refractivity contribution in [2.75, 3.05) is 6.61 Å². The Kier molecular flexibility index (Phi) is 4.71. The number of esters is 1. The van der Waals surface area contributed by atoms with Gasteiger partial charge in [-0.15, -0.1) is 0 Å². The lowest BCUT2D eigenvalue weighted by Gasteiger charge is -2.16. The van der Waals surface area contributed by atoms with Gasteiger partial charge in [-0.2, -0.15) is 4.57 Å². The van der Waals surface area contributed by atoms with Crippen molar-refractivity contribution in [3.05, 3.63) is 64.1 Å². The highest BCUT2D eigenvalue weighted by Crippen LogP contribution is 2.43. The minimum Gasteiger partial charge on any atom is -0.465 e. The minimum absolute atomic E-state index is 0.00298. The molecule has 4 rings (SSSR count). The molecule has 1 aromatic heterocycles. The number of ether oxygens (including phenoxy) is 1. The minimum atomic E-state index is 0.00298. The highest BCUT2D eigenvalue weighted by atomic mass is 32.1. The summed E-state index contributed by atoms with van der Waals surface area (Å²) in [5.74, 6) is 1.14. The SMILES string of the molecule is Cc1c(CCOC(=O)C2CC3C=CC2C3)sc[n+]1Cc1ccccc1. The molecule has 2 aliphatic carbocycles. The number of hydrogen-bond acceptors (Lipinski definition) is 3. The maximum Gasteiger partial charge on any atom is 0.309 e. The average Bonchev–Trinajstić information content (AvgIpc) is 3.34. The Morgan fingerprint density at radius 2 is 2.08 bits per heavy atom. The van der Waals surface area contributed by atoms with Crippen LogP contribution in [0, 0.1) is 24.7 Å². The van der Waals surface area contributed by atoms with E-state index in [1.54, 1.807) is 11.3 Å². The molecule has 3 atom stereocenters. The van der Waals surface area contributed by atoms with E-state index in [0.29, 0.717) is 18.4 Å². The molecule has 130 valence electrons. The standard InChI is InChI=1S/C21H24NO2S/c1-15-20(25-14-22(15)13-16-5-3-2-4-6-16)9-10-24-21(23)19-12-17-7-8-18(19)11-17/h2-8,14,17-19H,9-13H2,1H3/q+1. The van der Waals surface area contributed by atoms with Crippen molar-refractivity contribution in [2.45, 2.75) is 32.7 Å². The van der Waals surface area contributed by atoms with Crippen LogP contribution in [-0.4, -0.2) is 12.6 Å². The summed E-state index contributed by atoms with van der Waals surface area (Å²) in [6.07, 6.45) is 7.39. The van der Waals surface area contributed by atoms with E-state index in [1.165, 1.54) is 16.1 Å². The van der Waals surface area contributed by atoms with Crippen LogP contribution in [0.2, 0.25) is 0 Å². The zero-order chi connectivity index (χ0) is 17.2. The summed E-state index contributed by atoms with van der Waals surface area (Å²) in [7, 11) is 0. The molecule has 0 amide bonds. The molecule has 3 nitrogen and oxygen atoms in total. The van der Waals surface area contributed by atoms with Gasteiger partial charge in [0, 0.05) is 18.9 Å². The fourth-order valence-electron chi connectivity index (χ4n) is 4.03. The summed E-state index contributed by atoms with van der Waals surface area (Å²) >= 11 is 1.75. The Morgan fingerprint density at radius 3 is 2.80 bits per heavy atom. The van der Waals surface area contributed by atoms with E-state index >= 15 is 0 Å². The summed E-state index contributed by atoms with van der Waals surface area (Å²) in [4.78, 5) is 13.6. The number of hydrogen-bond donors (Lipinski definition) is 0. The van der Waals surface area contributed by atoms with Crippen LogP contribution in [0.25, 0.3) is 0 Å². The molecule has 2 bridgehead atoms. The zero-order valence-electron chi connectivity index (χ0n) is 14.6. The van der Waals surface area contributed by atoms with Crippen molar-refractivity contribution in [2.24, 2.45) is 17.8 Å².